The maximum Gasteiger partial charge on any atom is 0.306 e. The van der Waals surface area contributed by atoms with Crippen LogP contribution in [-0.2, 0) is 14.9 Å². The number of nitrogens with zero attached hydrogens (tertiary/aromatic N) is 2. The number of carbonyl (C=O) groups is 1. The lowest BCUT2D eigenvalue weighted by Crippen LogP contribution is -2.60. The van der Waals surface area contributed by atoms with Crippen molar-refractivity contribution in [3.63, 3.8) is 0 Å². The van der Waals surface area contributed by atoms with Gasteiger partial charge in [-0.2, -0.15) is 0 Å². The van der Waals surface area contributed by atoms with Crippen molar-refractivity contribution < 1.29 is 19.0 Å². The van der Waals surface area contributed by atoms with Gasteiger partial charge in [0.1, 0.15) is 5.69 Å². The number of allylic oxidation sites excluding steroid dienone is 1. The molecule has 0 amide bonds. The Morgan fingerprint density at radius 1 is 1.24 bits per heavy atom. The van der Waals surface area contributed by atoms with E-state index in [1.54, 1.807) is 14.2 Å². The number of hydrogen-bond donors (Lipinski definition) is 0. The molecule has 0 unspecified atom stereocenters. The van der Waals surface area contributed by atoms with E-state index in [0.29, 0.717) is 24.5 Å². The van der Waals surface area contributed by atoms with E-state index in [4.69, 9.17) is 19.2 Å². The fourth-order valence-corrected chi connectivity index (χ4v) is 6.36. The highest BCUT2D eigenvalue weighted by molar-refractivity contribution is 6.12. The number of methoxy groups -OCH3 is 2. The number of aliphatic imine (C=N–C) groups is 1. The molecule has 0 saturated carbocycles. The standard InChI is InChI=1S/C23H28N2O4/c1-4-29-18(26)14-22-9-5-12-25-13-11-23(21(22)25)15-6-7-16(27-2)20(28-3)19(15)24-17(23)8-10-22/h6-8,10,21H,4-5,9,11-14H2,1-3H3/t21-,22-,23-/m1/s1. The van der Waals surface area contributed by atoms with Gasteiger partial charge in [0.15, 0.2) is 11.5 Å². The van der Waals surface area contributed by atoms with Crippen molar-refractivity contribution >= 4 is 17.4 Å². The van der Waals surface area contributed by atoms with Gasteiger partial charge in [-0.3, -0.25) is 9.69 Å². The molecule has 5 rings (SSSR count). The number of piperidine rings is 1. The first kappa shape index (κ1) is 18.7. The Morgan fingerprint density at radius 3 is 2.86 bits per heavy atom. The van der Waals surface area contributed by atoms with Crippen molar-refractivity contribution in [2.45, 2.75) is 44.1 Å². The second-order valence-corrected chi connectivity index (χ2v) is 8.51. The van der Waals surface area contributed by atoms with Gasteiger partial charge in [-0.05, 0) is 57.0 Å². The van der Waals surface area contributed by atoms with Gasteiger partial charge in [0, 0.05) is 11.5 Å². The number of ether oxygens (including phenoxy) is 3. The zero-order valence-corrected chi connectivity index (χ0v) is 17.4. The minimum Gasteiger partial charge on any atom is -0.493 e. The lowest BCUT2D eigenvalue weighted by Gasteiger charge is -2.53. The van der Waals surface area contributed by atoms with Gasteiger partial charge in [-0.1, -0.05) is 12.1 Å². The summed E-state index contributed by atoms with van der Waals surface area (Å²) >= 11 is 0. The van der Waals surface area contributed by atoms with Gasteiger partial charge in [0.2, 0.25) is 0 Å². The number of benzene rings is 1. The van der Waals surface area contributed by atoms with Gasteiger partial charge in [0.05, 0.1) is 38.4 Å². The summed E-state index contributed by atoms with van der Waals surface area (Å²) in [5, 5.41) is 0. The number of fused-ring (bicyclic) bond motifs is 1. The molecule has 0 bridgehead atoms. The first-order chi connectivity index (χ1) is 14.1. The lowest BCUT2D eigenvalue weighted by atomic mass is 9.55. The van der Waals surface area contributed by atoms with Crippen LogP contribution in [0.1, 0.15) is 38.2 Å². The van der Waals surface area contributed by atoms with Crippen LogP contribution in [0, 0.1) is 5.41 Å². The summed E-state index contributed by atoms with van der Waals surface area (Å²) in [5.74, 6) is 1.29. The van der Waals surface area contributed by atoms with Gasteiger partial charge >= 0.3 is 5.97 Å². The highest BCUT2D eigenvalue weighted by Crippen LogP contribution is 2.62. The molecule has 154 valence electrons. The van der Waals surface area contributed by atoms with E-state index in [1.807, 2.05) is 13.0 Å². The van der Waals surface area contributed by atoms with E-state index >= 15 is 0 Å². The molecule has 6 heteroatoms. The number of esters is 1. The van der Waals surface area contributed by atoms with E-state index in [0.717, 1.165) is 43.8 Å². The molecule has 3 heterocycles. The average Bonchev–Trinajstić information content (AvgIpc) is 3.27. The SMILES string of the molecule is CCOC(=O)C[C@]12C=CC3=Nc4c(ccc(OC)c4OC)[C@]34CCN(CCC1)[C@H]24. The summed E-state index contributed by atoms with van der Waals surface area (Å²) in [7, 11) is 3.32. The Kier molecular flexibility index (Phi) is 4.24. The molecule has 0 aromatic heterocycles. The summed E-state index contributed by atoms with van der Waals surface area (Å²) in [6, 6.07) is 4.36. The molecule has 2 fully saturated rings. The van der Waals surface area contributed by atoms with Crippen molar-refractivity contribution in [3.8, 4) is 11.5 Å². The molecular weight excluding hydrogens is 368 g/mol. The quantitative estimate of drug-likeness (QED) is 0.714. The predicted molar refractivity (Wildman–Crippen MR) is 110 cm³/mol. The normalized spacial score (nSPS) is 31.6. The van der Waals surface area contributed by atoms with Crippen molar-refractivity contribution in [1.82, 2.24) is 4.90 Å². The third-order valence-corrected chi connectivity index (χ3v) is 7.30. The molecule has 4 aliphatic rings. The van der Waals surface area contributed by atoms with Crippen LogP contribution in [0.3, 0.4) is 0 Å². The van der Waals surface area contributed by atoms with Gasteiger partial charge in [-0.15, -0.1) is 0 Å². The van der Waals surface area contributed by atoms with Gasteiger partial charge < -0.3 is 14.2 Å². The molecule has 3 atom stereocenters. The van der Waals surface area contributed by atoms with Crippen LogP contribution in [0.5, 0.6) is 11.5 Å². The van der Waals surface area contributed by atoms with E-state index in [9.17, 15) is 4.79 Å². The Morgan fingerprint density at radius 2 is 2.10 bits per heavy atom. The Labute approximate surface area is 171 Å². The molecule has 0 N–H and O–H groups in total. The Bertz CT molecular complexity index is 924. The highest BCUT2D eigenvalue weighted by Gasteiger charge is 2.64. The fraction of sp³-hybridized carbons (Fsp3) is 0.565. The molecule has 2 saturated heterocycles. The van der Waals surface area contributed by atoms with E-state index in [1.165, 1.54) is 5.56 Å². The predicted octanol–water partition coefficient (Wildman–Crippen LogP) is 3.41. The molecular formula is C23H28N2O4. The molecule has 6 nitrogen and oxygen atoms in total. The summed E-state index contributed by atoms with van der Waals surface area (Å²) < 4.78 is 16.6. The van der Waals surface area contributed by atoms with Crippen molar-refractivity contribution in [3.05, 3.63) is 29.8 Å². The first-order valence-corrected chi connectivity index (χ1v) is 10.5. The fourth-order valence-electron chi connectivity index (χ4n) is 6.36. The summed E-state index contributed by atoms with van der Waals surface area (Å²) in [6.07, 6.45) is 7.95. The van der Waals surface area contributed by atoms with Crippen LogP contribution in [-0.4, -0.2) is 56.5 Å². The Balaban J connectivity index is 1.67. The minimum absolute atomic E-state index is 0.105. The summed E-state index contributed by atoms with van der Waals surface area (Å²) in [5.41, 5.74) is 2.77. The molecule has 1 aromatic carbocycles. The van der Waals surface area contributed by atoms with Gasteiger partial charge in [0.25, 0.3) is 0 Å². The van der Waals surface area contributed by atoms with Crippen molar-refractivity contribution in [2.24, 2.45) is 10.4 Å². The van der Waals surface area contributed by atoms with E-state index < -0.39 is 0 Å². The highest BCUT2D eigenvalue weighted by atomic mass is 16.5. The van der Waals surface area contributed by atoms with Crippen molar-refractivity contribution in [2.75, 3.05) is 33.9 Å². The van der Waals surface area contributed by atoms with Crippen LogP contribution < -0.4 is 9.47 Å². The van der Waals surface area contributed by atoms with Gasteiger partial charge in [-0.25, -0.2) is 4.99 Å². The van der Waals surface area contributed by atoms with Crippen LogP contribution in [0.4, 0.5) is 5.69 Å². The minimum atomic E-state index is -0.213. The van der Waals surface area contributed by atoms with Crippen LogP contribution >= 0.6 is 0 Å². The third-order valence-electron chi connectivity index (χ3n) is 7.30. The lowest BCUT2D eigenvalue weighted by molar-refractivity contribution is -0.147. The average molecular weight is 396 g/mol. The van der Waals surface area contributed by atoms with E-state index in [2.05, 4.69) is 23.1 Å². The van der Waals surface area contributed by atoms with E-state index in [-0.39, 0.29) is 22.8 Å². The number of hydrogen-bond acceptors (Lipinski definition) is 6. The second-order valence-electron chi connectivity index (χ2n) is 8.51. The Hall–Kier alpha value is -2.34. The summed E-state index contributed by atoms with van der Waals surface area (Å²) in [4.78, 5) is 20.2. The molecule has 1 aliphatic carbocycles. The second kappa shape index (κ2) is 6.59. The summed E-state index contributed by atoms with van der Waals surface area (Å²) in [6.45, 7) is 4.38. The number of rotatable bonds is 5. The largest absolute Gasteiger partial charge is 0.493 e. The monoisotopic (exact) mass is 396 g/mol. The maximum absolute atomic E-state index is 12.6. The van der Waals surface area contributed by atoms with Crippen LogP contribution in [0.25, 0.3) is 0 Å². The molecule has 1 spiro atoms. The topological polar surface area (TPSA) is 60.4 Å². The molecule has 3 aliphatic heterocycles. The molecule has 29 heavy (non-hydrogen) atoms. The van der Waals surface area contributed by atoms with Crippen molar-refractivity contribution in [1.29, 1.82) is 0 Å². The molecule has 1 aromatic rings. The smallest absolute Gasteiger partial charge is 0.306 e. The molecule has 0 radical (unpaired) electrons. The van der Waals surface area contributed by atoms with Crippen LogP contribution in [0.15, 0.2) is 29.3 Å². The van der Waals surface area contributed by atoms with Crippen LogP contribution in [0.2, 0.25) is 0 Å². The third kappa shape index (κ3) is 2.38. The zero-order chi connectivity index (χ0) is 20.2. The zero-order valence-electron chi connectivity index (χ0n) is 17.4. The maximum atomic E-state index is 12.6. The number of carbonyl (C=O) groups excluding carboxylic acids is 1. The first-order valence-electron chi connectivity index (χ1n) is 10.5.